The molecule has 0 saturated carbocycles. The lowest BCUT2D eigenvalue weighted by Crippen LogP contribution is -2.41. The van der Waals surface area contributed by atoms with Gasteiger partial charge in [0.25, 0.3) is 0 Å². The van der Waals surface area contributed by atoms with E-state index in [1.54, 1.807) is 12.1 Å². The molecule has 0 aromatic heterocycles. The molecule has 12 nitrogen and oxygen atoms in total. The maximum absolute atomic E-state index is 12.0. The Bertz CT molecular complexity index is 1150. The van der Waals surface area contributed by atoms with Crippen molar-refractivity contribution in [1.29, 1.82) is 0 Å². The van der Waals surface area contributed by atoms with Crippen molar-refractivity contribution in [1.82, 2.24) is 0 Å². The number of methoxy groups -OCH3 is 6. The Morgan fingerprint density at radius 2 is 1.00 bits per heavy atom. The first kappa shape index (κ1) is 32.8. The average Bonchev–Trinajstić information content (AvgIpc) is 3.16. The summed E-state index contributed by atoms with van der Waals surface area (Å²) in [6.07, 6.45) is 0. The van der Waals surface area contributed by atoms with Crippen LogP contribution in [-0.2, 0) is 18.8 Å². The first-order chi connectivity index (χ1) is 18.7. The second-order valence-corrected chi connectivity index (χ2v) is 9.55. The van der Waals surface area contributed by atoms with Crippen LogP contribution in [0.15, 0.2) is 24.3 Å². The number of ether oxygens (including phenoxy) is 6. The molecule has 218 valence electrons. The Hall–Kier alpha value is -3.45. The van der Waals surface area contributed by atoms with Crippen molar-refractivity contribution >= 4 is 37.1 Å². The summed E-state index contributed by atoms with van der Waals surface area (Å²) in [5.74, 6) is -0.155. The average molecular weight is 562 g/mol. The van der Waals surface area contributed by atoms with E-state index in [1.165, 1.54) is 54.8 Å². The summed E-state index contributed by atoms with van der Waals surface area (Å²) < 4.78 is 42.1. The van der Waals surface area contributed by atoms with Crippen LogP contribution in [0.5, 0.6) is 23.0 Å². The molecule has 0 radical (unpaired) electrons. The summed E-state index contributed by atoms with van der Waals surface area (Å²) in [5.41, 5.74) is 0.286. The van der Waals surface area contributed by atoms with Crippen molar-refractivity contribution in [2.45, 2.75) is 38.9 Å². The van der Waals surface area contributed by atoms with Crippen LogP contribution in [-0.4, -0.2) is 90.1 Å². The minimum Gasteiger partial charge on any atom is -0.496 e. The number of rotatable bonds is 8. The van der Waals surface area contributed by atoms with Crippen molar-refractivity contribution in [3.63, 3.8) is 0 Å². The molecule has 2 aromatic carbocycles. The van der Waals surface area contributed by atoms with Gasteiger partial charge >= 0.3 is 26.2 Å². The fourth-order valence-corrected chi connectivity index (χ4v) is 3.74. The van der Waals surface area contributed by atoms with Crippen LogP contribution in [0, 0.1) is 0 Å². The quantitative estimate of drug-likeness (QED) is 0.349. The van der Waals surface area contributed by atoms with Crippen LogP contribution in [0.3, 0.4) is 0 Å². The lowest BCUT2D eigenvalue weighted by molar-refractivity contribution is 0.00578. The summed E-state index contributed by atoms with van der Waals surface area (Å²) in [7, 11) is 5.96. The second-order valence-electron chi connectivity index (χ2n) is 9.55. The molecule has 0 amide bonds. The predicted octanol–water partition coefficient (Wildman–Crippen LogP) is 0.960. The fourth-order valence-electron chi connectivity index (χ4n) is 3.74. The first-order valence-electron chi connectivity index (χ1n) is 12.1. The van der Waals surface area contributed by atoms with E-state index >= 15 is 0 Å². The lowest BCUT2D eigenvalue weighted by atomic mass is 9.78. The molecule has 1 heterocycles. The van der Waals surface area contributed by atoms with Gasteiger partial charge in [0.1, 0.15) is 34.1 Å². The van der Waals surface area contributed by atoms with E-state index in [-0.39, 0.29) is 28.1 Å². The van der Waals surface area contributed by atoms with Crippen LogP contribution < -0.4 is 29.9 Å². The number of hydrogen-bond donors (Lipinski definition) is 2. The zero-order valence-electron chi connectivity index (χ0n) is 24.4. The van der Waals surface area contributed by atoms with Gasteiger partial charge in [0, 0.05) is 0 Å². The second kappa shape index (κ2) is 13.3. The molecule has 0 spiro atoms. The molecule has 0 atom stereocenters. The maximum atomic E-state index is 12.0. The van der Waals surface area contributed by atoms with Gasteiger partial charge in [0.05, 0.1) is 53.9 Å². The maximum Gasteiger partial charge on any atom is 0.495 e. The van der Waals surface area contributed by atoms with Gasteiger partial charge in [-0.05, 0) is 62.9 Å². The minimum absolute atomic E-state index is 0.0990. The highest BCUT2D eigenvalue weighted by Crippen LogP contribution is 2.38. The summed E-state index contributed by atoms with van der Waals surface area (Å²) in [6.45, 7) is 7.91. The van der Waals surface area contributed by atoms with Gasteiger partial charge in [0.15, 0.2) is 0 Å². The highest BCUT2D eigenvalue weighted by atomic mass is 16.7. The van der Waals surface area contributed by atoms with Gasteiger partial charge in [-0.25, -0.2) is 9.59 Å². The van der Waals surface area contributed by atoms with E-state index in [0.29, 0.717) is 17.0 Å². The SMILES string of the molecule is COC(=O)c1c(OC)cc(B(O)O)cc1OC.COC(=O)c1c(OC)cc(B2OC(C)(C)C(C)(C)O2)cc1OC. The third kappa shape index (κ3) is 6.81. The summed E-state index contributed by atoms with van der Waals surface area (Å²) >= 11 is 0. The van der Waals surface area contributed by atoms with Gasteiger partial charge < -0.3 is 47.8 Å². The molecule has 0 aliphatic carbocycles. The monoisotopic (exact) mass is 562 g/mol. The van der Waals surface area contributed by atoms with E-state index in [9.17, 15) is 9.59 Å². The van der Waals surface area contributed by atoms with E-state index in [2.05, 4.69) is 4.74 Å². The number of esters is 2. The summed E-state index contributed by atoms with van der Waals surface area (Å²) in [4.78, 5) is 23.5. The van der Waals surface area contributed by atoms with Crippen LogP contribution in [0.4, 0.5) is 0 Å². The van der Waals surface area contributed by atoms with E-state index in [1.807, 2.05) is 27.7 Å². The number of benzene rings is 2. The van der Waals surface area contributed by atoms with Crippen molar-refractivity contribution in [3.05, 3.63) is 35.4 Å². The molecule has 2 aromatic rings. The zero-order chi connectivity index (χ0) is 30.4. The van der Waals surface area contributed by atoms with Crippen LogP contribution in [0.2, 0.25) is 0 Å². The van der Waals surface area contributed by atoms with Crippen LogP contribution >= 0.6 is 0 Å². The molecule has 1 saturated heterocycles. The molecule has 2 N–H and O–H groups in total. The minimum atomic E-state index is -1.68. The molecule has 0 unspecified atom stereocenters. The molecular formula is C26H36B2O12. The van der Waals surface area contributed by atoms with Gasteiger partial charge in [-0.3, -0.25) is 0 Å². The fraction of sp³-hybridized carbons (Fsp3) is 0.462. The third-order valence-corrected chi connectivity index (χ3v) is 6.66. The van der Waals surface area contributed by atoms with Gasteiger partial charge in [0.2, 0.25) is 0 Å². The Morgan fingerprint density at radius 1 is 0.675 bits per heavy atom. The Morgan fingerprint density at radius 3 is 1.27 bits per heavy atom. The van der Waals surface area contributed by atoms with Gasteiger partial charge in [-0.1, -0.05) is 0 Å². The molecule has 3 rings (SSSR count). The molecule has 1 aliphatic rings. The van der Waals surface area contributed by atoms with Crippen molar-refractivity contribution < 1.29 is 57.4 Å². The van der Waals surface area contributed by atoms with E-state index in [0.717, 1.165) is 0 Å². The molecule has 14 heteroatoms. The number of carbonyl (C=O) groups is 2. The number of carbonyl (C=O) groups excluding carboxylic acids is 2. The Labute approximate surface area is 234 Å². The lowest BCUT2D eigenvalue weighted by Gasteiger charge is -2.32. The predicted molar refractivity (Wildman–Crippen MR) is 147 cm³/mol. The van der Waals surface area contributed by atoms with Gasteiger partial charge in [-0.15, -0.1) is 0 Å². The van der Waals surface area contributed by atoms with Crippen molar-refractivity contribution in [2.24, 2.45) is 0 Å². The molecule has 0 bridgehead atoms. The molecular weight excluding hydrogens is 526 g/mol. The zero-order valence-corrected chi connectivity index (χ0v) is 24.4. The van der Waals surface area contributed by atoms with E-state index in [4.69, 9.17) is 43.0 Å². The Kier molecular flexibility index (Phi) is 10.9. The van der Waals surface area contributed by atoms with Gasteiger partial charge in [-0.2, -0.15) is 0 Å². The highest BCUT2D eigenvalue weighted by Gasteiger charge is 2.52. The third-order valence-electron chi connectivity index (χ3n) is 6.66. The summed E-state index contributed by atoms with van der Waals surface area (Å²) in [5, 5.41) is 18.2. The normalized spacial score (nSPS) is 14.8. The highest BCUT2D eigenvalue weighted by molar-refractivity contribution is 6.62. The molecule has 1 aliphatic heterocycles. The molecule has 1 fully saturated rings. The summed E-state index contributed by atoms with van der Waals surface area (Å²) in [6, 6.07) is 6.08. The smallest absolute Gasteiger partial charge is 0.495 e. The largest absolute Gasteiger partial charge is 0.496 e. The Balaban J connectivity index is 0.000000294. The topological polar surface area (TPSA) is 148 Å². The number of hydrogen-bond acceptors (Lipinski definition) is 12. The van der Waals surface area contributed by atoms with Crippen molar-refractivity contribution in [2.75, 3.05) is 42.7 Å². The first-order valence-corrected chi connectivity index (χ1v) is 12.1. The van der Waals surface area contributed by atoms with E-state index < -0.39 is 37.4 Å². The van der Waals surface area contributed by atoms with Crippen molar-refractivity contribution in [3.8, 4) is 23.0 Å². The standard InChI is InChI=1S/C16H23BO6.C10H13BO6/c1-15(2)16(3,4)23-17(22-15)10-8-11(19-5)13(14(18)21-7)12(9-10)20-6;1-15-7-4-6(11(13)14)5-8(16-2)9(7)10(12)17-3/h8-9H,1-7H3;4-5,13-14H,1-3H3. The molecule has 40 heavy (non-hydrogen) atoms. The van der Waals surface area contributed by atoms with Crippen LogP contribution in [0.25, 0.3) is 0 Å². The van der Waals surface area contributed by atoms with Crippen LogP contribution in [0.1, 0.15) is 48.4 Å².